The lowest BCUT2D eigenvalue weighted by Gasteiger charge is -2.39. The van der Waals surface area contributed by atoms with Gasteiger partial charge >= 0.3 is 24.1 Å². The molecular formula is C66H77ClN8O12. The Hall–Kier alpha value is -7.23. The standard InChI is InChI=1S/2C33H38N4O6.ClH/c2*1-3-22-23-16-21(43-32(40)36-14-10-20(11-15-36)35-12-6-5-7-13-35)8-9-27(23)34-29-24(22)18-37-28(29)17-26-25(30(37)38)19-42-31(39)33(26,41)4-2;/h2*8-9,16-17,20,41H,3-7,10-15,18-19H2,1-2H3;1H/t2*33-;/m00./s1. The molecule has 14 rings (SSSR count). The number of likely N-dealkylation sites (tertiary alicyclic amines) is 4. The number of aryl methyl sites for hydroxylation is 2. The van der Waals surface area contributed by atoms with Gasteiger partial charge in [0.25, 0.3) is 11.1 Å². The Kier molecular flexibility index (Phi) is 16.6. The number of cyclic esters (lactones) is 2. The number of carbonyl (C=O) groups excluding carboxylic acids is 4. The Balaban J connectivity index is 0.000000168. The fourth-order valence-corrected chi connectivity index (χ4v) is 14.9. The molecule has 0 spiro atoms. The number of hydrogen-bond acceptors (Lipinski definition) is 16. The smallest absolute Gasteiger partial charge is 0.415 e. The van der Waals surface area contributed by atoms with Gasteiger partial charge in [-0.05, 0) is 163 Å². The summed E-state index contributed by atoms with van der Waals surface area (Å²) in [7, 11) is 0. The molecule has 4 fully saturated rings. The minimum absolute atomic E-state index is 0. The third-order valence-corrected chi connectivity index (χ3v) is 19.9. The summed E-state index contributed by atoms with van der Waals surface area (Å²) in [6.07, 6.45) is 12.5. The molecule has 0 saturated carbocycles. The molecule has 0 radical (unpaired) electrons. The molecule has 2 aromatic carbocycles. The van der Waals surface area contributed by atoms with Crippen LogP contribution in [0, 0.1) is 0 Å². The van der Waals surface area contributed by atoms with Crippen molar-refractivity contribution in [3.63, 3.8) is 0 Å². The zero-order valence-electron chi connectivity index (χ0n) is 50.1. The number of ether oxygens (including phenoxy) is 4. The highest BCUT2D eigenvalue weighted by molar-refractivity contribution is 5.92. The van der Waals surface area contributed by atoms with E-state index in [0.717, 1.165) is 69.7 Å². The largest absolute Gasteiger partial charge is 0.458 e. The zero-order chi connectivity index (χ0) is 59.8. The van der Waals surface area contributed by atoms with Gasteiger partial charge in [0, 0.05) is 71.3 Å². The maximum atomic E-state index is 13.6. The van der Waals surface area contributed by atoms with Crippen molar-refractivity contribution in [2.75, 3.05) is 52.4 Å². The number of pyridine rings is 4. The summed E-state index contributed by atoms with van der Waals surface area (Å²) in [5.41, 5.74) is 4.77. The second-order valence-electron chi connectivity index (χ2n) is 24.5. The second-order valence-corrected chi connectivity index (χ2v) is 24.5. The van der Waals surface area contributed by atoms with Gasteiger partial charge in [-0.15, -0.1) is 12.4 Å². The predicted octanol–water partition coefficient (Wildman–Crippen LogP) is 8.60. The van der Waals surface area contributed by atoms with Crippen molar-refractivity contribution in [2.45, 2.75) is 167 Å². The summed E-state index contributed by atoms with van der Waals surface area (Å²) in [6.45, 7) is 15.3. The first-order valence-corrected chi connectivity index (χ1v) is 31.3. The average molecular weight is 1210 g/mol. The number of aliphatic hydroxyl groups is 2. The van der Waals surface area contributed by atoms with E-state index in [2.05, 4.69) is 23.6 Å². The van der Waals surface area contributed by atoms with Crippen molar-refractivity contribution in [1.29, 1.82) is 0 Å². The van der Waals surface area contributed by atoms with Crippen LogP contribution in [0.2, 0.25) is 0 Å². The number of nitrogens with zero attached hydrogens (tertiary/aromatic N) is 8. The van der Waals surface area contributed by atoms with Crippen LogP contribution in [0.1, 0.15) is 149 Å². The average Bonchev–Trinajstić information content (AvgIpc) is 1.71. The summed E-state index contributed by atoms with van der Waals surface area (Å²) >= 11 is 0. The first-order chi connectivity index (χ1) is 41.6. The molecule has 6 aromatic rings. The minimum Gasteiger partial charge on any atom is -0.458 e. The molecule has 0 unspecified atom stereocenters. The van der Waals surface area contributed by atoms with Crippen LogP contribution >= 0.6 is 12.4 Å². The van der Waals surface area contributed by atoms with Crippen LogP contribution in [0.25, 0.3) is 44.6 Å². The summed E-state index contributed by atoms with van der Waals surface area (Å²) < 4.78 is 25.4. The van der Waals surface area contributed by atoms with Gasteiger partial charge in [0.1, 0.15) is 24.7 Å². The van der Waals surface area contributed by atoms with E-state index in [0.29, 0.717) is 121 Å². The Morgan fingerprint density at radius 3 is 1.28 bits per heavy atom. The Morgan fingerprint density at radius 2 is 0.920 bits per heavy atom. The van der Waals surface area contributed by atoms with E-state index < -0.39 is 23.1 Å². The number of fused-ring (bicyclic) bond motifs is 10. The molecule has 8 aliphatic rings. The fourth-order valence-electron chi connectivity index (χ4n) is 14.9. The van der Waals surface area contributed by atoms with Gasteiger partial charge in [-0.25, -0.2) is 29.1 Å². The molecule has 460 valence electrons. The monoisotopic (exact) mass is 1210 g/mol. The lowest BCUT2D eigenvalue weighted by atomic mass is 9.86. The molecule has 87 heavy (non-hydrogen) atoms. The fraction of sp³-hybridized carbons (Fsp3) is 0.515. The molecule has 2 N–H and O–H groups in total. The first kappa shape index (κ1) is 60.1. The van der Waals surface area contributed by atoms with Crippen molar-refractivity contribution >= 4 is 58.3 Å². The molecule has 12 heterocycles. The van der Waals surface area contributed by atoms with Crippen LogP contribution in [-0.2, 0) is 69.4 Å². The molecular weight excluding hydrogens is 1130 g/mol. The highest BCUT2D eigenvalue weighted by Crippen LogP contribution is 2.43. The molecule has 8 aliphatic heterocycles. The van der Waals surface area contributed by atoms with Crippen LogP contribution < -0.4 is 20.6 Å². The molecule has 4 saturated heterocycles. The van der Waals surface area contributed by atoms with Crippen LogP contribution in [0.5, 0.6) is 11.5 Å². The van der Waals surface area contributed by atoms with E-state index in [1.807, 2.05) is 34.1 Å². The van der Waals surface area contributed by atoms with E-state index in [1.165, 1.54) is 64.7 Å². The van der Waals surface area contributed by atoms with Gasteiger partial charge in [-0.3, -0.25) is 9.59 Å². The van der Waals surface area contributed by atoms with Crippen molar-refractivity contribution in [3.05, 3.63) is 114 Å². The van der Waals surface area contributed by atoms with Gasteiger partial charge in [-0.1, -0.05) is 40.5 Å². The highest BCUT2D eigenvalue weighted by atomic mass is 35.5. The molecule has 4 aromatic heterocycles. The van der Waals surface area contributed by atoms with Gasteiger partial charge < -0.3 is 57.9 Å². The molecule has 20 nitrogen and oxygen atoms in total. The van der Waals surface area contributed by atoms with E-state index in [-0.39, 0.29) is 61.8 Å². The van der Waals surface area contributed by atoms with Crippen molar-refractivity contribution in [2.24, 2.45) is 0 Å². The lowest BCUT2D eigenvalue weighted by Crippen LogP contribution is -2.48. The zero-order valence-corrected chi connectivity index (χ0v) is 50.9. The molecule has 0 bridgehead atoms. The van der Waals surface area contributed by atoms with Gasteiger partial charge in [0.2, 0.25) is 0 Å². The second kappa shape index (κ2) is 24.0. The number of rotatable bonds is 8. The molecule has 2 atom stereocenters. The van der Waals surface area contributed by atoms with E-state index >= 15 is 0 Å². The van der Waals surface area contributed by atoms with E-state index in [4.69, 9.17) is 28.9 Å². The van der Waals surface area contributed by atoms with Gasteiger partial charge in [0.05, 0.1) is 58.0 Å². The number of halogens is 1. The first-order valence-electron chi connectivity index (χ1n) is 31.3. The lowest BCUT2D eigenvalue weighted by molar-refractivity contribution is -0.172. The third kappa shape index (κ3) is 10.5. The number of piperidine rings is 4. The number of amides is 2. The SMILES string of the molecule is CCc1c2c(nc3ccc(OC(=O)N4CCC(N5CCCCC5)CC4)cc13)-c1cc3c(c(=O)n1C2)COC(=O)[C@]3(O)CC.CCc1c2c(nc3ccc(OC(=O)N4CCC(N5CCCCC5)CC4)cc13)-c1cc3c(c(=O)n1C2)COC(=O)[C@]3(O)CC.Cl. The number of benzene rings is 2. The van der Waals surface area contributed by atoms with Gasteiger partial charge in [0.15, 0.2) is 11.2 Å². The summed E-state index contributed by atoms with van der Waals surface area (Å²) in [5, 5.41) is 24.1. The number of carbonyl (C=O) groups is 4. The third-order valence-electron chi connectivity index (χ3n) is 19.9. The van der Waals surface area contributed by atoms with Crippen molar-refractivity contribution in [3.8, 4) is 34.3 Å². The quantitative estimate of drug-likeness (QED) is 0.136. The summed E-state index contributed by atoms with van der Waals surface area (Å²) in [5.74, 6) is -0.531. The van der Waals surface area contributed by atoms with E-state index in [1.54, 1.807) is 47.2 Å². The van der Waals surface area contributed by atoms with E-state index in [9.17, 15) is 39.0 Å². The van der Waals surface area contributed by atoms with Crippen molar-refractivity contribution < 1.29 is 48.3 Å². The Bertz CT molecular complexity index is 3630. The summed E-state index contributed by atoms with van der Waals surface area (Å²) in [4.78, 5) is 97.1. The molecule has 2 amide bonds. The molecule has 0 aliphatic carbocycles. The predicted molar refractivity (Wildman–Crippen MR) is 327 cm³/mol. The Labute approximate surface area is 510 Å². The van der Waals surface area contributed by atoms with Crippen LogP contribution in [-0.4, -0.2) is 137 Å². The van der Waals surface area contributed by atoms with Gasteiger partial charge in [-0.2, -0.15) is 0 Å². The van der Waals surface area contributed by atoms with Crippen molar-refractivity contribution in [1.82, 2.24) is 38.7 Å². The maximum Gasteiger partial charge on any atom is 0.415 e. The normalized spacial score (nSPS) is 22.0. The van der Waals surface area contributed by atoms with Crippen LogP contribution in [0.3, 0.4) is 0 Å². The minimum atomic E-state index is -1.86. The molecule has 21 heteroatoms. The Morgan fingerprint density at radius 1 is 0.540 bits per heavy atom. The number of hydrogen-bond donors (Lipinski definition) is 2. The maximum absolute atomic E-state index is 13.6. The summed E-state index contributed by atoms with van der Waals surface area (Å²) in [6, 6.07) is 15.5. The number of aromatic nitrogens is 4. The van der Waals surface area contributed by atoms with Crippen LogP contribution in [0.4, 0.5) is 9.59 Å². The topological polar surface area (TPSA) is 228 Å². The highest BCUT2D eigenvalue weighted by Gasteiger charge is 2.47. The number of esters is 2. The van der Waals surface area contributed by atoms with Crippen LogP contribution in [0.15, 0.2) is 58.1 Å².